The molecule has 1 aliphatic rings. The summed E-state index contributed by atoms with van der Waals surface area (Å²) in [7, 11) is 0. The van der Waals surface area contributed by atoms with Crippen molar-refractivity contribution in [1.82, 2.24) is 10.2 Å². The van der Waals surface area contributed by atoms with Gasteiger partial charge >= 0.3 is 12.0 Å². The number of aliphatic hydroxyl groups is 1. The predicted octanol–water partition coefficient (Wildman–Crippen LogP) is 1.58. The van der Waals surface area contributed by atoms with Crippen LogP contribution in [-0.2, 0) is 4.79 Å². The summed E-state index contributed by atoms with van der Waals surface area (Å²) in [4.78, 5) is 24.5. The number of nitrogens with zero attached hydrogens (tertiary/aromatic N) is 1. The maximum absolute atomic E-state index is 12.2. The normalized spacial score (nSPS) is 16.3. The van der Waals surface area contributed by atoms with Crippen LogP contribution >= 0.6 is 0 Å². The molecular formula is C14H26N2O4. The second-order valence-corrected chi connectivity index (χ2v) is 5.49. The monoisotopic (exact) mass is 286 g/mol. The molecule has 0 saturated heterocycles. The van der Waals surface area contributed by atoms with E-state index < -0.39 is 5.97 Å². The van der Waals surface area contributed by atoms with Gasteiger partial charge in [0.25, 0.3) is 0 Å². The maximum atomic E-state index is 12.2. The molecule has 0 aromatic rings. The predicted molar refractivity (Wildman–Crippen MR) is 75.5 cm³/mol. The Hall–Kier alpha value is -1.30. The summed E-state index contributed by atoms with van der Waals surface area (Å²) >= 11 is 0. The SMILES string of the molecule is CC(CCCC(=O)O)NC(=O)N(CCCO)C1CCC1. The highest BCUT2D eigenvalue weighted by atomic mass is 16.4. The smallest absolute Gasteiger partial charge is 0.317 e. The fourth-order valence-corrected chi connectivity index (χ4v) is 2.31. The highest BCUT2D eigenvalue weighted by Gasteiger charge is 2.28. The van der Waals surface area contributed by atoms with Crippen LogP contribution in [0, 0.1) is 0 Å². The van der Waals surface area contributed by atoms with Gasteiger partial charge in [0.1, 0.15) is 0 Å². The van der Waals surface area contributed by atoms with Crippen molar-refractivity contribution >= 4 is 12.0 Å². The van der Waals surface area contributed by atoms with Crippen LogP contribution in [0.3, 0.4) is 0 Å². The standard InChI is InChI=1S/C14H26N2O4/c1-11(5-2-8-13(18)19)15-14(20)16(9-4-10-17)12-6-3-7-12/h11-12,17H,2-10H2,1H3,(H,15,20)(H,18,19). The van der Waals surface area contributed by atoms with Crippen molar-refractivity contribution in [1.29, 1.82) is 0 Å². The van der Waals surface area contributed by atoms with Crippen LogP contribution < -0.4 is 5.32 Å². The van der Waals surface area contributed by atoms with Crippen molar-refractivity contribution < 1.29 is 19.8 Å². The Kier molecular flexibility index (Phi) is 7.36. The minimum atomic E-state index is -0.803. The number of amides is 2. The number of hydrogen-bond donors (Lipinski definition) is 3. The molecule has 1 unspecified atom stereocenters. The first kappa shape index (κ1) is 16.8. The summed E-state index contributed by atoms with van der Waals surface area (Å²) in [6.45, 7) is 2.56. The van der Waals surface area contributed by atoms with E-state index in [4.69, 9.17) is 10.2 Å². The Balaban J connectivity index is 2.34. The highest BCUT2D eigenvalue weighted by Crippen LogP contribution is 2.25. The first-order chi connectivity index (χ1) is 9.54. The number of urea groups is 1. The van der Waals surface area contributed by atoms with Crippen LogP contribution in [0.15, 0.2) is 0 Å². The van der Waals surface area contributed by atoms with Crippen LogP contribution in [0.2, 0.25) is 0 Å². The molecule has 3 N–H and O–H groups in total. The topological polar surface area (TPSA) is 89.9 Å². The van der Waals surface area contributed by atoms with E-state index in [0.717, 1.165) is 19.3 Å². The summed E-state index contributed by atoms with van der Waals surface area (Å²) in [6.07, 6.45) is 5.18. The molecule has 0 heterocycles. The van der Waals surface area contributed by atoms with Gasteiger partial charge in [0.15, 0.2) is 0 Å². The molecule has 0 aromatic heterocycles. The summed E-state index contributed by atoms with van der Waals surface area (Å²) in [5, 5.41) is 20.4. The third-order valence-electron chi connectivity index (χ3n) is 3.73. The molecule has 1 atom stereocenters. The average molecular weight is 286 g/mol. The number of rotatable bonds is 9. The van der Waals surface area contributed by atoms with Gasteiger partial charge in [-0.05, 0) is 45.4 Å². The summed E-state index contributed by atoms with van der Waals surface area (Å²) < 4.78 is 0. The van der Waals surface area contributed by atoms with Gasteiger partial charge in [-0.1, -0.05) is 0 Å². The molecule has 0 radical (unpaired) electrons. The van der Waals surface area contributed by atoms with Crippen LogP contribution in [0.5, 0.6) is 0 Å². The number of carboxylic acids is 1. The zero-order valence-corrected chi connectivity index (χ0v) is 12.2. The number of carboxylic acid groups (broad SMARTS) is 1. The minimum Gasteiger partial charge on any atom is -0.481 e. The van der Waals surface area contributed by atoms with Crippen LogP contribution in [0.25, 0.3) is 0 Å². The molecule has 0 spiro atoms. The zero-order chi connectivity index (χ0) is 15.0. The highest BCUT2D eigenvalue weighted by molar-refractivity contribution is 5.75. The molecule has 116 valence electrons. The van der Waals surface area contributed by atoms with E-state index in [-0.39, 0.29) is 25.1 Å². The molecular weight excluding hydrogens is 260 g/mol. The number of nitrogens with one attached hydrogen (secondary N) is 1. The number of carbonyl (C=O) groups excluding carboxylic acids is 1. The zero-order valence-electron chi connectivity index (χ0n) is 12.2. The summed E-state index contributed by atoms with van der Waals surface area (Å²) in [6, 6.07) is 0.178. The van der Waals surface area contributed by atoms with Gasteiger partial charge < -0.3 is 20.4 Å². The van der Waals surface area contributed by atoms with Crippen LogP contribution in [0.1, 0.15) is 51.9 Å². The Labute approximate surface area is 120 Å². The third kappa shape index (κ3) is 5.77. The number of aliphatic carboxylic acids is 1. The molecule has 6 heteroatoms. The third-order valence-corrected chi connectivity index (χ3v) is 3.73. The number of aliphatic hydroxyl groups excluding tert-OH is 1. The number of hydrogen-bond acceptors (Lipinski definition) is 3. The van der Waals surface area contributed by atoms with Gasteiger partial charge in [0.05, 0.1) is 0 Å². The van der Waals surface area contributed by atoms with Crippen LogP contribution in [-0.4, -0.2) is 52.3 Å². The summed E-state index contributed by atoms with van der Waals surface area (Å²) in [5.41, 5.74) is 0. The van der Waals surface area contributed by atoms with E-state index in [9.17, 15) is 9.59 Å². The molecule has 0 aromatic carbocycles. The lowest BCUT2D eigenvalue weighted by Crippen LogP contribution is -2.51. The first-order valence-electron chi connectivity index (χ1n) is 7.44. The molecule has 0 aliphatic heterocycles. The van der Waals surface area contributed by atoms with Crippen molar-refractivity contribution in [3.05, 3.63) is 0 Å². The molecule has 2 amide bonds. The fourth-order valence-electron chi connectivity index (χ4n) is 2.31. The van der Waals surface area contributed by atoms with Crippen molar-refractivity contribution in [2.24, 2.45) is 0 Å². The lowest BCUT2D eigenvalue weighted by molar-refractivity contribution is -0.137. The second kappa shape index (κ2) is 8.79. The first-order valence-corrected chi connectivity index (χ1v) is 7.44. The Morgan fingerprint density at radius 1 is 1.35 bits per heavy atom. The van der Waals surface area contributed by atoms with Crippen molar-refractivity contribution in [2.45, 2.75) is 64.0 Å². The molecule has 6 nitrogen and oxygen atoms in total. The van der Waals surface area contributed by atoms with Gasteiger partial charge in [-0.25, -0.2) is 4.79 Å². The molecule has 1 saturated carbocycles. The minimum absolute atomic E-state index is 0.0291. The van der Waals surface area contributed by atoms with E-state index in [1.807, 2.05) is 11.8 Å². The van der Waals surface area contributed by atoms with E-state index in [1.54, 1.807) is 0 Å². The fraction of sp³-hybridized carbons (Fsp3) is 0.857. The van der Waals surface area contributed by atoms with Gasteiger partial charge in [0.2, 0.25) is 0 Å². The lowest BCUT2D eigenvalue weighted by atomic mass is 9.91. The van der Waals surface area contributed by atoms with Crippen molar-refractivity contribution in [3.63, 3.8) is 0 Å². The quantitative estimate of drug-likeness (QED) is 0.600. The second-order valence-electron chi connectivity index (χ2n) is 5.49. The molecule has 0 bridgehead atoms. The van der Waals surface area contributed by atoms with E-state index in [1.165, 1.54) is 0 Å². The molecule has 1 aliphatic carbocycles. The van der Waals surface area contributed by atoms with E-state index in [0.29, 0.717) is 31.8 Å². The van der Waals surface area contributed by atoms with Crippen molar-refractivity contribution in [3.8, 4) is 0 Å². The Morgan fingerprint density at radius 2 is 2.05 bits per heavy atom. The number of carbonyl (C=O) groups is 2. The lowest BCUT2D eigenvalue weighted by Gasteiger charge is -2.38. The van der Waals surface area contributed by atoms with Gasteiger partial charge in [-0.3, -0.25) is 4.79 Å². The van der Waals surface area contributed by atoms with Crippen LogP contribution in [0.4, 0.5) is 4.79 Å². The Bertz CT molecular complexity index is 318. The van der Waals surface area contributed by atoms with E-state index in [2.05, 4.69) is 5.32 Å². The molecule has 20 heavy (non-hydrogen) atoms. The average Bonchev–Trinajstić information content (AvgIpc) is 2.31. The largest absolute Gasteiger partial charge is 0.481 e. The summed E-state index contributed by atoms with van der Waals surface area (Å²) in [5.74, 6) is -0.803. The van der Waals surface area contributed by atoms with E-state index >= 15 is 0 Å². The Morgan fingerprint density at radius 3 is 2.55 bits per heavy atom. The molecule has 1 rings (SSSR count). The van der Waals surface area contributed by atoms with Gasteiger partial charge in [-0.2, -0.15) is 0 Å². The van der Waals surface area contributed by atoms with Gasteiger partial charge in [-0.15, -0.1) is 0 Å². The molecule has 1 fully saturated rings. The maximum Gasteiger partial charge on any atom is 0.317 e. The van der Waals surface area contributed by atoms with Gasteiger partial charge in [0, 0.05) is 31.7 Å². The van der Waals surface area contributed by atoms with Crippen molar-refractivity contribution in [2.75, 3.05) is 13.2 Å².